The predicted molar refractivity (Wildman–Crippen MR) is 56.6 cm³/mol. The molecule has 1 N–H and O–H groups in total. The molecule has 0 aliphatic heterocycles. The lowest BCUT2D eigenvalue weighted by Gasteiger charge is -1.98. The Hall–Kier alpha value is -1.91. The van der Waals surface area contributed by atoms with E-state index in [0.29, 0.717) is 13.0 Å². The van der Waals surface area contributed by atoms with Gasteiger partial charge in [0.1, 0.15) is 0 Å². The molecule has 1 rings (SSSR count). The number of nitrogens with one attached hydrogen (secondary N) is 1. The summed E-state index contributed by atoms with van der Waals surface area (Å²) in [4.78, 5) is 14.7. The van der Waals surface area contributed by atoms with Crippen LogP contribution in [0.1, 0.15) is 12.5 Å². The molecule has 0 atom stereocenters. The van der Waals surface area contributed by atoms with Crippen molar-refractivity contribution in [3.63, 3.8) is 0 Å². The molecule has 1 aromatic heterocycles. The summed E-state index contributed by atoms with van der Waals surface area (Å²) in [5.74, 6) is 0. The fourth-order valence-electron chi connectivity index (χ4n) is 0.932. The molecule has 0 unspecified atom stereocenters. The summed E-state index contributed by atoms with van der Waals surface area (Å²) in [5.41, 5.74) is 3.28. The summed E-state index contributed by atoms with van der Waals surface area (Å²) in [6, 6.07) is 3.78. The van der Waals surface area contributed by atoms with E-state index in [9.17, 15) is 4.79 Å². The van der Waals surface area contributed by atoms with Crippen molar-refractivity contribution in [2.24, 2.45) is 5.10 Å². The molecule has 0 aliphatic rings. The molecule has 0 bridgehead atoms. The minimum Gasteiger partial charge on any atom is -0.449 e. The molecular weight excluding hydrogens is 194 g/mol. The molecule has 5 nitrogen and oxygen atoms in total. The number of ether oxygens (including phenoxy) is 1. The summed E-state index contributed by atoms with van der Waals surface area (Å²) in [5, 5.41) is 3.71. The highest BCUT2D eigenvalue weighted by Gasteiger charge is 1.94. The molecule has 0 fully saturated rings. The van der Waals surface area contributed by atoms with Crippen LogP contribution in [-0.4, -0.2) is 23.9 Å². The number of amides is 1. The second-order valence-corrected chi connectivity index (χ2v) is 2.71. The van der Waals surface area contributed by atoms with Crippen LogP contribution in [0.5, 0.6) is 0 Å². The maximum absolute atomic E-state index is 10.8. The van der Waals surface area contributed by atoms with E-state index in [0.717, 1.165) is 5.56 Å². The Labute approximate surface area is 88.2 Å². The third-order valence-corrected chi connectivity index (χ3v) is 1.57. The van der Waals surface area contributed by atoms with E-state index in [1.54, 1.807) is 25.5 Å². The zero-order valence-corrected chi connectivity index (χ0v) is 8.51. The minimum atomic E-state index is -0.542. The van der Waals surface area contributed by atoms with Gasteiger partial charge in [0, 0.05) is 25.0 Å². The highest BCUT2D eigenvalue weighted by atomic mass is 16.5. The van der Waals surface area contributed by atoms with Crippen molar-refractivity contribution >= 4 is 12.3 Å². The largest absolute Gasteiger partial charge is 0.449 e. The zero-order chi connectivity index (χ0) is 10.9. The molecule has 1 heterocycles. The lowest BCUT2D eigenvalue weighted by atomic mass is 10.2. The maximum atomic E-state index is 10.8. The van der Waals surface area contributed by atoms with Crippen LogP contribution < -0.4 is 5.43 Å². The fourth-order valence-corrected chi connectivity index (χ4v) is 0.932. The van der Waals surface area contributed by atoms with Gasteiger partial charge in [-0.05, 0) is 18.6 Å². The van der Waals surface area contributed by atoms with E-state index in [2.05, 4.69) is 20.2 Å². The van der Waals surface area contributed by atoms with Gasteiger partial charge in [0.15, 0.2) is 0 Å². The van der Waals surface area contributed by atoms with Crippen LogP contribution in [0.2, 0.25) is 0 Å². The summed E-state index contributed by atoms with van der Waals surface area (Å²) in [7, 11) is 0. The molecular formula is C10H13N3O2. The number of nitrogens with zero attached hydrogens (tertiary/aromatic N) is 2. The standard InChI is InChI=1S/C10H13N3O2/c1-2-15-10(14)13-12-7-5-9-4-3-6-11-8-9/h3-4,6-8H,2,5H2,1H3,(H,13,14)/b12-7+. The highest BCUT2D eigenvalue weighted by Crippen LogP contribution is 1.94. The van der Waals surface area contributed by atoms with Gasteiger partial charge in [0.25, 0.3) is 0 Å². The van der Waals surface area contributed by atoms with Crippen LogP contribution in [0.25, 0.3) is 0 Å². The van der Waals surface area contributed by atoms with E-state index < -0.39 is 6.09 Å². The van der Waals surface area contributed by atoms with Crippen molar-refractivity contribution in [1.82, 2.24) is 10.4 Å². The lowest BCUT2D eigenvalue weighted by Crippen LogP contribution is -2.18. The Bertz CT molecular complexity index is 325. The van der Waals surface area contributed by atoms with Crippen molar-refractivity contribution in [2.75, 3.05) is 6.61 Å². The van der Waals surface area contributed by atoms with Crippen molar-refractivity contribution in [3.8, 4) is 0 Å². The fraction of sp³-hybridized carbons (Fsp3) is 0.300. The van der Waals surface area contributed by atoms with Crippen LogP contribution in [0.15, 0.2) is 29.6 Å². The third kappa shape index (κ3) is 4.75. The molecule has 0 saturated carbocycles. The van der Waals surface area contributed by atoms with Crippen molar-refractivity contribution in [2.45, 2.75) is 13.3 Å². The lowest BCUT2D eigenvalue weighted by molar-refractivity contribution is 0.152. The molecule has 0 radical (unpaired) electrons. The van der Waals surface area contributed by atoms with E-state index in [1.165, 1.54) is 0 Å². The monoisotopic (exact) mass is 207 g/mol. The molecule has 0 saturated heterocycles. The van der Waals surface area contributed by atoms with Crippen LogP contribution in [0.4, 0.5) is 4.79 Å². The number of carbonyl (C=O) groups is 1. The van der Waals surface area contributed by atoms with Gasteiger partial charge in [-0.1, -0.05) is 6.07 Å². The first-order valence-corrected chi connectivity index (χ1v) is 4.66. The number of carbonyl (C=O) groups excluding carboxylic acids is 1. The van der Waals surface area contributed by atoms with Gasteiger partial charge in [-0.2, -0.15) is 5.10 Å². The summed E-state index contributed by atoms with van der Waals surface area (Å²) in [6.07, 6.45) is 5.13. The van der Waals surface area contributed by atoms with E-state index in [-0.39, 0.29) is 0 Å². The number of pyridine rings is 1. The quantitative estimate of drug-likeness (QED) is 0.598. The summed E-state index contributed by atoms with van der Waals surface area (Å²) >= 11 is 0. The summed E-state index contributed by atoms with van der Waals surface area (Å²) in [6.45, 7) is 2.07. The Balaban J connectivity index is 2.26. The van der Waals surface area contributed by atoms with E-state index >= 15 is 0 Å². The number of rotatable bonds is 4. The van der Waals surface area contributed by atoms with Gasteiger partial charge < -0.3 is 4.74 Å². The maximum Gasteiger partial charge on any atom is 0.427 e. The van der Waals surface area contributed by atoms with Gasteiger partial charge in [-0.15, -0.1) is 0 Å². The van der Waals surface area contributed by atoms with E-state index in [1.807, 2.05) is 12.1 Å². The number of hydrogen-bond acceptors (Lipinski definition) is 4. The minimum absolute atomic E-state index is 0.337. The number of aromatic nitrogens is 1. The average Bonchev–Trinajstić information content (AvgIpc) is 2.26. The number of hydrogen-bond donors (Lipinski definition) is 1. The highest BCUT2D eigenvalue weighted by molar-refractivity contribution is 5.69. The Kier molecular flexibility index (Phi) is 4.86. The van der Waals surface area contributed by atoms with Gasteiger partial charge in [0.2, 0.25) is 0 Å². The number of hydrazone groups is 1. The van der Waals surface area contributed by atoms with Gasteiger partial charge >= 0.3 is 6.09 Å². The molecule has 1 aromatic rings. The van der Waals surface area contributed by atoms with Crippen LogP contribution >= 0.6 is 0 Å². The van der Waals surface area contributed by atoms with Gasteiger partial charge in [-0.25, -0.2) is 10.2 Å². The van der Waals surface area contributed by atoms with Gasteiger partial charge in [-0.3, -0.25) is 4.98 Å². The molecule has 0 aromatic carbocycles. The van der Waals surface area contributed by atoms with E-state index in [4.69, 9.17) is 0 Å². The van der Waals surface area contributed by atoms with Crippen molar-refractivity contribution in [1.29, 1.82) is 0 Å². The smallest absolute Gasteiger partial charge is 0.427 e. The molecule has 5 heteroatoms. The third-order valence-electron chi connectivity index (χ3n) is 1.57. The van der Waals surface area contributed by atoms with Gasteiger partial charge in [0.05, 0.1) is 6.61 Å². The normalized spacial score (nSPS) is 10.2. The first-order chi connectivity index (χ1) is 7.33. The van der Waals surface area contributed by atoms with Crippen molar-refractivity contribution in [3.05, 3.63) is 30.1 Å². The van der Waals surface area contributed by atoms with Crippen LogP contribution in [-0.2, 0) is 11.2 Å². The molecule has 80 valence electrons. The molecule has 1 amide bonds. The van der Waals surface area contributed by atoms with Crippen molar-refractivity contribution < 1.29 is 9.53 Å². The Morgan fingerprint density at radius 1 is 1.73 bits per heavy atom. The topological polar surface area (TPSA) is 63.6 Å². The SMILES string of the molecule is CCOC(=O)N/N=C/Cc1cccnc1. The predicted octanol–water partition coefficient (Wildman–Crippen LogP) is 1.36. The first-order valence-electron chi connectivity index (χ1n) is 4.66. The second-order valence-electron chi connectivity index (χ2n) is 2.71. The Morgan fingerprint density at radius 2 is 2.60 bits per heavy atom. The zero-order valence-electron chi connectivity index (χ0n) is 8.51. The van der Waals surface area contributed by atoms with Crippen LogP contribution in [0.3, 0.4) is 0 Å². The molecule has 15 heavy (non-hydrogen) atoms. The molecule has 0 spiro atoms. The summed E-state index contributed by atoms with van der Waals surface area (Å²) < 4.78 is 4.62. The molecule has 0 aliphatic carbocycles. The second kappa shape index (κ2) is 6.53. The van der Waals surface area contributed by atoms with Crippen LogP contribution in [0, 0.1) is 0 Å². The first kappa shape index (κ1) is 11.2. The Morgan fingerprint density at radius 3 is 3.27 bits per heavy atom. The average molecular weight is 207 g/mol.